The van der Waals surface area contributed by atoms with Crippen LogP contribution in [-0.2, 0) is 16.1 Å². The second-order valence-corrected chi connectivity index (χ2v) is 4.13. The van der Waals surface area contributed by atoms with Crippen molar-refractivity contribution in [1.29, 1.82) is 0 Å². The molecule has 2 aromatic rings. The van der Waals surface area contributed by atoms with E-state index in [1.165, 1.54) is 13.4 Å². The highest BCUT2D eigenvalue weighted by Gasteiger charge is 2.14. The van der Waals surface area contributed by atoms with Crippen molar-refractivity contribution in [3.05, 3.63) is 54.0 Å². The van der Waals surface area contributed by atoms with E-state index in [0.29, 0.717) is 11.5 Å². The molecule has 0 fully saturated rings. The van der Waals surface area contributed by atoms with Crippen LogP contribution in [0.25, 0.3) is 0 Å². The summed E-state index contributed by atoms with van der Waals surface area (Å²) in [6.07, 6.45) is 1.52. The summed E-state index contributed by atoms with van der Waals surface area (Å²) in [5.74, 6) is 0.00754. The predicted octanol–water partition coefficient (Wildman–Crippen LogP) is 1.76. The second-order valence-electron chi connectivity index (χ2n) is 4.13. The van der Waals surface area contributed by atoms with Crippen LogP contribution >= 0.6 is 0 Å². The van der Waals surface area contributed by atoms with Crippen molar-refractivity contribution in [3.63, 3.8) is 0 Å². The highest BCUT2D eigenvalue weighted by Crippen LogP contribution is 2.17. The molecule has 0 aliphatic rings. The van der Waals surface area contributed by atoms with Gasteiger partial charge in [-0.05, 0) is 24.3 Å². The smallest absolute Gasteiger partial charge is 0.342 e. The lowest BCUT2D eigenvalue weighted by atomic mass is 10.2. The number of esters is 1. The number of para-hydroxylation sites is 1. The Balaban J connectivity index is 1.82. The van der Waals surface area contributed by atoms with Crippen LogP contribution in [0.4, 0.5) is 0 Å². The monoisotopic (exact) mass is 289 g/mol. The minimum atomic E-state index is -0.611. The minimum absolute atomic E-state index is 0.248. The molecule has 0 aliphatic carbocycles. The van der Waals surface area contributed by atoms with Gasteiger partial charge in [0.05, 0.1) is 19.9 Å². The fourth-order valence-corrected chi connectivity index (χ4v) is 1.67. The van der Waals surface area contributed by atoms with Gasteiger partial charge >= 0.3 is 5.97 Å². The molecule has 1 amide bonds. The maximum absolute atomic E-state index is 11.9. The zero-order valence-electron chi connectivity index (χ0n) is 11.5. The van der Waals surface area contributed by atoms with Gasteiger partial charge in [0.1, 0.15) is 17.1 Å². The minimum Gasteiger partial charge on any atom is -0.496 e. The lowest BCUT2D eigenvalue weighted by Gasteiger charge is -2.08. The SMILES string of the molecule is COc1ccccc1C(=O)OCC(=O)NCc1ccco1. The van der Waals surface area contributed by atoms with Crippen LogP contribution in [0, 0.1) is 0 Å². The predicted molar refractivity (Wildman–Crippen MR) is 73.8 cm³/mol. The topological polar surface area (TPSA) is 77.8 Å². The van der Waals surface area contributed by atoms with E-state index in [9.17, 15) is 9.59 Å². The Bertz CT molecular complexity index is 606. The molecule has 0 saturated heterocycles. The number of carbonyl (C=O) groups is 2. The number of ether oxygens (including phenoxy) is 2. The number of furan rings is 1. The van der Waals surface area contributed by atoms with E-state index in [1.807, 2.05) is 0 Å². The fourth-order valence-electron chi connectivity index (χ4n) is 1.67. The Morgan fingerprint density at radius 3 is 2.71 bits per heavy atom. The lowest BCUT2D eigenvalue weighted by molar-refractivity contribution is -0.124. The largest absolute Gasteiger partial charge is 0.496 e. The van der Waals surface area contributed by atoms with Gasteiger partial charge in [-0.15, -0.1) is 0 Å². The van der Waals surface area contributed by atoms with Crippen LogP contribution in [-0.4, -0.2) is 25.6 Å². The molecule has 0 atom stereocenters. The van der Waals surface area contributed by atoms with Gasteiger partial charge < -0.3 is 19.2 Å². The molecule has 0 saturated carbocycles. The summed E-state index contributed by atoms with van der Waals surface area (Å²) in [6, 6.07) is 10.1. The summed E-state index contributed by atoms with van der Waals surface area (Å²) in [6.45, 7) is -0.115. The molecule has 1 aromatic heterocycles. The molecule has 0 radical (unpaired) electrons. The van der Waals surface area contributed by atoms with Crippen molar-refractivity contribution < 1.29 is 23.5 Å². The summed E-state index contributed by atoms with van der Waals surface area (Å²) in [4.78, 5) is 23.4. The average Bonchev–Trinajstić information content (AvgIpc) is 3.04. The van der Waals surface area contributed by atoms with Crippen LogP contribution in [0.15, 0.2) is 47.1 Å². The number of hydrogen-bond donors (Lipinski definition) is 1. The number of methoxy groups -OCH3 is 1. The van der Waals surface area contributed by atoms with Crippen LogP contribution in [0.3, 0.4) is 0 Å². The van der Waals surface area contributed by atoms with E-state index < -0.39 is 11.9 Å². The summed E-state index contributed by atoms with van der Waals surface area (Å²) < 4.78 is 15.1. The Labute approximate surface area is 121 Å². The third-order valence-corrected chi connectivity index (χ3v) is 2.70. The lowest BCUT2D eigenvalue weighted by Crippen LogP contribution is -2.28. The van der Waals surface area contributed by atoms with Gasteiger partial charge in [0, 0.05) is 0 Å². The molecule has 6 heteroatoms. The Hall–Kier alpha value is -2.76. The first-order valence-electron chi connectivity index (χ1n) is 6.30. The molecule has 1 aromatic carbocycles. The van der Waals surface area contributed by atoms with Gasteiger partial charge in [0.15, 0.2) is 6.61 Å². The molecular weight excluding hydrogens is 274 g/mol. The molecule has 2 rings (SSSR count). The molecular formula is C15H15NO5. The molecule has 0 spiro atoms. The molecule has 6 nitrogen and oxygen atoms in total. The Morgan fingerprint density at radius 1 is 1.19 bits per heavy atom. The van der Waals surface area contributed by atoms with Crippen molar-refractivity contribution in [3.8, 4) is 5.75 Å². The molecule has 21 heavy (non-hydrogen) atoms. The highest BCUT2D eigenvalue weighted by molar-refractivity contribution is 5.93. The number of hydrogen-bond acceptors (Lipinski definition) is 5. The molecule has 1 heterocycles. The third-order valence-electron chi connectivity index (χ3n) is 2.70. The number of benzene rings is 1. The average molecular weight is 289 g/mol. The molecule has 0 bridgehead atoms. The van der Waals surface area contributed by atoms with E-state index in [1.54, 1.807) is 36.4 Å². The maximum atomic E-state index is 11.9. The van der Waals surface area contributed by atoms with E-state index >= 15 is 0 Å². The van der Waals surface area contributed by atoms with Crippen LogP contribution in [0.2, 0.25) is 0 Å². The van der Waals surface area contributed by atoms with Gasteiger partial charge in [-0.3, -0.25) is 4.79 Å². The first-order valence-corrected chi connectivity index (χ1v) is 6.30. The van der Waals surface area contributed by atoms with Crippen LogP contribution in [0.5, 0.6) is 5.75 Å². The van der Waals surface area contributed by atoms with Crippen molar-refractivity contribution in [2.75, 3.05) is 13.7 Å². The molecule has 1 N–H and O–H groups in total. The van der Waals surface area contributed by atoms with Gasteiger partial charge in [-0.1, -0.05) is 12.1 Å². The summed E-state index contributed by atoms with van der Waals surface area (Å²) in [7, 11) is 1.46. The van der Waals surface area contributed by atoms with Gasteiger partial charge in [-0.2, -0.15) is 0 Å². The standard InChI is InChI=1S/C15H15NO5/c1-19-13-7-3-2-6-12(13)15(18)21-10-14(17)16-9-11-5-4-8-20-11/h2-8H,9-10H2,1H3,(H,16,17). The quantitative estimate of drug-likeness (QED) is 0.820. The van der Waals surface area contributed by atoms with E-state index in [0.717, 1.165) is 0 Å². The van der Waals surface area contributed by atoms with E-state index in [4.69, 9.17) is 13.9 Å². The van der Waals surface area contributed by atoms with E-state index in [2.05, 4.69) is 5.32 Å². The Morgan fingerprint density at radius 2 is 2.00 bits per heavy atom. The van der Waals surface area contributed by atoms with Crippen molar-refractivity contribution in [1.82, 2.24) is 5.32 Å². The Kier molecular flexibility index (Phi) is 4.98. The zero-order chi connectivity index (χ0) is 15.1. The van der Waals surface area contributed by atoms with Crippen molar-refractivity contribution in [2.24, 2.45) is 0 Å². The fraction of sp³-hybridized carbons (Fsp3) is 0.200. The number of nitrogens with one attached hydrogen (secondary N) is 1. The molecule has 110 valence electrons. The van der Waals surface area contributed by atoms with Crippen molar-refractivity contribution >= 4 is 11.9 Å². The maximum Gasteiger partial charge on any atom is 0.342 e. The first-order chi connectivity index (χ1) is 10.2. The van der Waals surface area contributed by atoms with Crippen LogP contribution in [0.1, 0.15) is 16.1 Å². The molecule has 0 unspecified atom stereocenters. The van der Waals surface area contributed by atoms with Crippen molar-refractivity contribution in [2.45, 2.75) is 6.54 Å². The zero-order valence-corrected chi connectivity index (χ0v) is 11.5. The number of amides is 1. The number of rotatable bonds is 6. The van der Waals surface area contributed by atoms with E-state index in [-0.39, 0.29) is 18.7 Å². The third kappa shape index (κ3) is 4.10. The normalized spacial score (nSPS) is 9.95. The van der Waals surface area contributed by atoms with Gasteiger partial charge in [-0.25, -0.2) is 4.79 Å². The summed E-state index contributed by atoms with van der Waals surface area (Å²) in [5, 5.41) is 2.58. The second kappa shape index (κ2) is 7.14. The summed E-state index contributed by atoms with van der Waals surface area (Å²) in [5.41, 5.74) is 0.277. The van der Waals surface area contributed by atoms with Gasteiger partial charge in [0.2, 0.25) is 0 Å². The first kappa shape index (κ1) is 14.6. The molecule has 0 aliphatic heterocycles. The van der Waals surface area contributed by atoms with Crippen LogP contribution < -0.4 is 10.1 Å². The highest BCUT2D eigenvalue weighted by atomic mass is 16.5. The summed E-state index contributed by atoms with van der Waals surface area (Å²) >= 11 is 0. The number of carbonyl (C=O) groups excluding carboxylic acids is 2. The van der Waals surface area contributed by atoms with Gasteiger partial charge in [0.25, 0.3) is 5.91 Å².